The Bertz CT molecular complexity index is 1330. The zero-order chi connectivity index (χ0) is 19.7. The van der Waals surface area contributed by atoms with Gasteiger partial charge in [-0.1, -0.05) is 34.1 Å². The molecule has 0 radical (unpaired) electrons. The number of hydrogen-bond donors (Lipinski definition) is 2. The molecule has 1 saturated heterocycles. The molecule has 2 N–H and O–H groups in total. The van der Waals surface area contributed by atoms with E-state index in [9.17, 15) is 9.59 Å². The van der Waals surface area contributed by atoms with Crippen molar-refractivity contribution < 1.29 is 9.59 Å². The monoisotopic (exact) mass is 447 g/mol. The van der Waals surface area contributed by atoms with Gasteiger partial charge in [0.25, 0.3) is 0 Å². The van der Waals surface area contributed by atoms with Gasteiger partial charge >= 0.3 is 0 Å². The van der Waals surface area contributed by atoms with Crippen LogP contribution in [0.25, 0.3) is 21.8 Å². The number of benzene rings is 2. The van der Waals surface area contributed by atoms with Gasteiger partial charge in [-0.25, -0.2) is 0 Å². The van der Waals surface area contributed by atoms with Gasteiger partial charge in [0.2, 0.25) is 11.8 Å². The number of para-hydroxylation sites is 1. The molecule has 144 valence electrons. The first-order chi connectivity index (χ1) is 14.1. The molecule has 6 rings (SSSR count). The van der Waals surface area contributed by atoms with Gasteiger partial charge in [-0.2, -0.15) is 0 Å². The minimum Gasteiger partial charge on any atom is -0.361 e. The molecule has 6 heteroatoms. The molecule has 2 aliphatic heterocycles. The summed E-state index contributed by atoms with van der Waals surface area (Å²) in [5.41, 5.74) is 5.29. The third-order valence-corrected chi connectivity index (χ3v) is 6.84. The van der Waals surface area contributed by atoms with Crippen molar-refractivity contribution >= 4 is 49.6 Å². The minimum absolute atomic E-state index is 0.215. The van der Waals surface area contributed by atoms with Crippen LogP contribution >= 0.6 is 15.9 Å². The van der Waals surface area contributed by atoms with E-state index < -0.39 is 11.8 Å². The van der Waals surface area contributed by atoms with Crippen LogP contribution in [0, 0.1) is 0 Å². The molecule has 4 aromatic rings. The summed E-state index contributed by atoms with van der Waals surface area (Å²) in [6.07, 6.45) is 6.11. The fourth-order valence-electron chi connectivity index (χ4n) is 5.12. The summed E-state index contributed by atoms with van der Waals surface area (Å²) in [6, 6.07) is 12.2. The van der Waals surface area contributed by atoms with Crippen molar-refractivity contribution in [1.82, 2.24) is 14.9 Å². The van der Waals surface area contributed by atoms with E-state index in [1.165, 1.54) is 11.1 Å². The van der Waals surface area contributed by atoms with E-state index in [0.29, 0.717) is 0 Å². The fourth-order valence-corrected chi connectivity index (χ4v) is 5.49. The predicted octanol–water partition coefficient (Wildman–Crippen LogP) is 4.36. The maximum absolute atomic E-state index is 13.0. The number of rotatable bonds is 2. The zero-order valence-electron chi connectivity index (χ0n) is 15.5. The largest absolute Gasteiger partial charge is 0.361 e. The van der Waals surface area contributed by atoms with Gasteiger partial charge in [-0.05, 0) is 47.7 Å². The molecule has 0 saturated carbocycles. The highest BCUT2D eigenvalue weighted by Gasteiger charge is 2.45. The van der Waals surface area contributed by atoms with Gasteiger partial charge in [0.1, 0.15) is 0 Å². The molecule has 2 atom stereocenters. The van der Waals surface area contributed by atoms with Gasteiger partial charge < -0.3 is 9.55 Å². The number of aromatic amines is 1. The minimum atomic E-state index is -0.547. The smallest absolute Gasteiger partial charge is 0.235 e. The third-order valence-electron chi connectivity index (χ3n) is 6.35. The van der Waals surface area contributed by atoms with Crippen LogP contribution in [0.5, 0.6) is 0 Å². The number of carbonyl (C=O) groups excluding carboxylic acids is 2. The Kier molecular flexibility index (Phi) is 3.56. The Labute approximate surface area is 175 Å². The van der Waals surface area contributed by atoms with Crippen molar-refractivity contribution in [3.63, 3.8) is 0 Å². The van der Waals surface area contributed by atoms with Crippen LogP contribution in [0.1, 0.15) is 34.9 Å². The molecule has 2 aromatic carbocycles. The standard InChI is InChI=1S/C23H18BrN3O2/c24-13-6-7-18-15(9-13)16(10-25-18)19-20(23(29)26-22(19)28)17-11-27-8-2-4-12-3-1-5-14(17)21(12)27/h1,3,5-7,9-11,19-20,25H,2,4,8H2,(H,26,28,29)/t19-,20-/m1/s1. The van der Waals surface area contributed by atoms with E-state index in [-0.39, 0.29) is 11.8 Å². The number of imide groups is 1. The predicted molar refractivity (Wildman–Crippen MR) is 115 cm³/mol. The molecule has 2 aromatic heterocycles. The Morgan fingerprint density at radius 3 is 2.69 bits per heavy atom. The van der Waals surface area contributed by atoms with E-state index in [1.807, 2.05) is 24.4 Å². The molecule has 0 bridgehead atoms. The highest BCUT2D eigenvalue weighted by atomic mass is 79.9. The van der Waals surface area contributed by atoms with Crippen LogP contribution in [-0.4, -0.2) is 21.4 Å². The first kappa shape index (κ1) is 17.0. The molecule has 5 nitrogen and oxygen atoms in total. The number of H-pyrrole nitrogens is 1. The fraction of sp³-hybridized carbons (Fsp3) is 0.217. The molecular weight excluding hydrogens is 430 g/mol. The number of fused-ring (bicyclic) bond motifs is 1. The van der Waals surface area contributed by atoms with E-state index in [1.54, 1.807) is 0 Å². The van der Waals surface area contributed by atoms with Gasteiger partial charge in [-0.3, -0.25) is 14.9 Å². The van der Waals surface area contributed by atoms with Crippen LogP contribution in [0.3, 0.4) is 0 Å². The highest BCUT2D eigenvalue weighted by molar-refractivity contribution is 9.10. The molecule has 29 heavy (non-hydrogen) atoms. The lowest BCUT2D eigenvalue weighted by atomic mass is 9.83. The number of amides is 2. The van der Waals surface area contributed by atoms with Crippen molar-refractivity contribution in [2.75, 3.05) is 0 Å². The summed E-state index contributed by atoms with van der Waals surface area (Å²) in [6.45, 7) is 0.945. The summed E-state index contributed by atoms with van der Waals surface area (Å²) in [5, 5.41) is 4.64. The van der Waals surface area contributed by atoms with Crippen molar-refractivity contribution in [1.29, 1.82) is 0 Å². The Morgan fingerprint density at radius 2 is 1.83 bits per heavy atom. The zero-order valence-corrected chi connectivity index (χ0v) is 17.1. The number of aromatic nitrogens is 2. The second-order valence-electron chi connectivity index (χ2n) is 7.94. The number of nitrogens with one attached hydrogen (secondary N) is 2. The highest BCUT2D eigenvalue weighted by Crippen LogP contribution is 2.44. The normalized spacial score (nSPS) is 21.3. The molecule has 2 amide bonds. The molecule has 0 aliphatic carbocycles. The molecule has 1 fully saturated rings. The van der Waals surface area contributed by atoms with Gasteiger partial charge in [0.15, 0.2) is 0 Å². The summed E-state index contributed by atoms with van der Waals surface area (Å²) in [7, 11) is 0. The second-order valence-corrected chi connectivity index (χ2v) is 8.85. The Hall–Kier alpha value is -2.86. The van der Waals surface area contributed by atoms with Crippen molar-refractivity contribution in [3.8, 4) is 0 Å². The second kappa shape index (κ2) is 6.07. The summed E-state index contributed by atoms with van der Waals surface area (Å²) in [5.74, 6) is -1.52. The van der Waals surface area contributed by atoms with Crippen molar-refractivity contribution in [2.45, 2.75) is 31.2 Å². The number of hydrogen-bond acceptors (Lipinski definition) is 2. The first-order valence-electron chi connectivity index (χ1n) is 9.83. The summed E-state index contributed by atoms with van der Waals surface area (Å²) >= 11 is 3.52. The van der Waals surface area contributed by atoms with Crippen LogP contribution < -0.4 is 5.32 Å². The lowest BCUT2D eigenvalue weighted by molar-refractivity contribution is -0.125. The maximum Gasteiger partial charge on any atom is 0.235 e. The number of halogens is 1. The molecular formula is C23H18BrN3O2. The molecule has 0 spiro atoms. The van der Waals surface area contributed by atoms with Crippen LogP contribution in [0.4, 0.5) is 0 Å². The van der Waals surface area contributed by atoms with Crippen LogP contribution in [-0.2, 0) is 22.6 Å². The lowest BCUT2D eigenvalue weighted by Crippen LogP contribution is -2.21. The summed E-state index contributed by atoms with van der Waals surface area (Å²) < 4.78 is 3.20. The van der Waals surface area contributed by atoms with E-state index in [4.69, 9.17) is 0 Å². The van der Waals surface area contributed by atoms with Gasteiger partial charge in [0, 0.05) is 39.7 Å². The lowest BCUT2D eigenvalue weighted by Gasteiger charge is -2.15. The van der Waals surface area contributed by atoms with E-state index in [2.05, 4.69) is 55.2 Å². The van der Waals surface area contributed by atoms with Crippen LogP contribution in [0.2, 0.25) is 0 Å². The van der Waals surface area contributed by atoms with Crippen molar-refractivity contribution in [3.05, 3.63) is 70.0 Å². The molecule has 0 unspecified atom stereocenters. The van der Waals surface area contributed by atoms with E-state index in [0.717, 1.165) is 51.3 Å². The Morgan fingerprint density at radius 1 is 1.00 bits per heavy atom. The number of nitrogens with zero attached hydrogens (tertiary/aromatic N) is 1. The average Bonchev–Trinajstić information content (AvgIpc) is 3.36. The van der Waals surface area contributed by atoms with Gasteiger partial charge in [-0.15, -0.1) is 0 Å². The number of carbonyl (C=O) groups is 2. The number of aryl methyl sites for hydroxylation is 2. The quantitative estimate of drug-likeness (QED) is 0.448. The topological polar surface area (TPSA) is 66.9 Å². The third kappa shape index (κ3) is 2.38. The molecule has 4 heterocycles. The average molecular weight is 448 g/mol. The summed E-state index contributed by atoms with van der Waals surface area (Å²) in [4.78, 5) is 29.2. The first-order valence-corrected chi connectivity index (χ1v) is 10.6. The SMILES string of the molecule is O=C1NC(=O)[C@H](c2cn3c4c(cccc24)CCC3)[C@H]1c1c[nH]c2ccc(Br)cc12. The van der Waals surface area contributed by atoms with Crippen molar-refractivity contribution in [2.24, 2.45) is 0 Å². The molecule has 2 aliphatic rings. The van der Waals surface area contributed by atoms with E-state index >= 15 is 0 Å². The maximum atomic E-state index is 13.0. The Balaban J connectivity index is 1.58. The van der Waals surface area contributed by atoms with Gasteiger partial charge in [0.05, 0.1) is 17.4 Å². The van der Waals surface area contributed by atoms with Crippen LogP contribution in [0.15, 0.2) is 53.3 Å².